The Morgan fingerprint density at radius 1 is 1.79 bits per heavy atom. The Morgan fingerprint density at radius 2 is 2.50 bits per heavy atom. The van der Waals surface area contributed by atoms with Gasteiger partial charge >= 0.3 is 5.97 Å². The highest BCUT2D eigenvalue weighted by atomic mass is 16.5. The van der Waals surface area contributed by atoms with Gasteiger partial charge in [-0.2, -0.15) is 0 Å². The third-order valence-electron chi connectivity index (χ3n) is 2.66. The number of methoxy groups -OCH3 is 1. The summed E-state index contributed by atoms with van der Waals surface area (Å²) in [6, 6.07) is 0. The first-order valence-electron chi connectivity index (χ1n) is 4.35. The predicted octanol–water partition coefficient (Wildman–Crippen LogP) is 0.240. The van der Waals surface area contributed by atoms with Gasteiger partial charge in [-0.1, -0.05) is 0 Å². The van der Waals surface area contributed by atoms with Gasteiger partial charge in [-0.05, 0) is 12.8 Å². The van der Waals surface area contributed by atoms with Gasteiger partial charge in [-0.15, -0.1) is 0 Å². The zero-order chi connectivity index (χ0) is 10.2. The Morgan fingerprint density at radius 3 is 2.93 bits per heavy atom. The number of oxazole rings is 1. The summed E-state index contributed by atoms with van der Waals surface area (Å²) < 4.78 is 9.58. The van der Waals surface area contributed by atoms with Crippen LogP contribution in [0.2, 0.25) is 0 Å². The predicted molar refractivity (Wildman–Crippen MR) is 45.4 cm³/mol. The van der Waals surface area contributed by atoms with E-state index in [1.165, 1.54) is 19.7 Å². The van der Waals surface area contributed by atoms with Crippen LogP contribution in [0.3, 0.4) is 0 Å². The molecule has 1 N–H and O–H groups in total. The number of aromatic nitrogens is 1. The fourth-order valence-corrected chi connectivity index (χ4v) is 1.59. The van der Waals surface area contributed by atoms with Crippen molar-refractivity contribution in [1.29, 1.82) is 0 Å². The van der Waals surface area contributed by atoms with Crippen molar-refractivity contribution in [3.63, 3.8) is 0 Å². The van der Waals surface area contributed by atoms with E-state index in [4.69, 9.17) is 4.42 Å². The number of hydrogen-bond donors (Lipinski definition) is 1. The van der Waals surface area contributed by atoms with Crippen molar-refractivity contribution >= 4 is 5.97 Å². The summed E-state index contributed by atoms with van der Waals surface area (Å²) >= 11 is 0. The second-order valence-corrected chi connectivity index (χ2v) is 3.45. The molecule has 0 bridgehead atoms. The van der Waals surface area contributed by atoms with Gasteiger partial charge in [0.2, 0.25) is 0 Å². The average molecular weight is 197 g/mol. The Hall–Kier alpha value is -1.36. The van der Waals surface area contributed by atoms with E-state index in [0.717, 1.165) is 12.8 Å². The van der Waals surface area contributed by atoms with Crippen LogP contribution in [0.25, 0.3) is 0 Å². The lowest BCUT2D eigenvalue weighted by atomic mass is 9.97. The molecule has 1 aliphatic rings. The van der Waals surface area contributed by atoms with Crippen LogP contribution in [0.4, 0.5) is 0 Å². The molecule has 0 amide bonds. The number of aliphatic hydroxyl groups is 1. The maximum Gasteiger partial charge on any atom is 0.335 e. The van der Waals surface area contributed by atoms with Crippen LogP contribution in [-0.2, 0) is 14.9 Å². The molecular formula is C9H11NO4. The number of ether oxygens (including phenoxy) is 1. The highest BCUT2D eigenvalue weighted by Crippen LogP contribution is 2.51. The normalized spacial score (nSPS) is 20.1. The maximum atomic E-state index is 11.2. The molecule has 0 spiro atoms. The summed E-state index contributed by atoms with van der Waals surface area (Å²) in [5, 5.41) is 9.72. The molecule has 1 fully saturated rings. The number of hydrogen-bond acceptors (Lipinski definition) is 5. The summed E-state index contributed by atoms with van der Waals surface area (Å²) in [6.45, 7) is 0. The van der Waals surface area contributed by atoms with Gasteiger partial charge in [0.1, 0.15) is 5.76 Å². The van der Waals surface area contributed by atoms with E-state index in [2.05, 4.69) is 9.72 Å². The molecule has 5 heteroatoms. The Balaban J connectivity index is 2.21. The number of nitrogens with zero attached hydrogens (tertiary/aromatic N) is 1. The summed E-state index contributed by atoms with van der Waals surface area (Å²) in [7, 11) is 1.25. The van der Waals surface area contributed by atoms with Gasteiger partial charge in [-0.25, -0.2) is 9.78 Å². The standard InChI is InChI=1S/C9H11NO4/c1-13-8(12)7(11)9(2-3-9)6-4-10-5-14-6/h4-5,7,11H,2-3H2,1H3. The Labute approximate surface area is 80.7 Å². The first kappa shape index (κ1) is 9.21. The van der Waals surface area contributed by atoms with Crippen LogP contribution in [0.1, 0.15) is 18.6 Å². The highest BCUT2D eigenvalue weighted by molar-refractivity contribution is 5.77. The van der Waals surface area contributed by atoms with Crippen LogP contribution in [0, 0.1) is 0 Å². The Bertz CT molecular complexity index is 329. The lowest BCUT2D eigenvalue weighted by Gasteiger charge is -2.16. The van der Waals surface area contributed by atoms with Crippen molar-refractivity contribution in [2.75, 3.05) is 7.11 Å². The molecule has 1 unspecified atom stereocenters. The summed E-state index contributed by atoms with van der Waals surface area (Å²) in [4.78, 5) is 14.9. The monoisotopic (exact) mass is 197 g/mol. The molecule has 2 rings (SSSR count). The van der Waals surface area contributed by atoms with Crippen LogP contribution < -0.4 is 0 Å². The van der Waals surface area contributed by atoms with Gasteiger partial charge in [0, 0.05) is 0 Å². The second-order valence-electron chi connectivity index (χ2n) is 3.45. The molecule has 76 valence electrons. The van der Waals surface area contributed by atoms with Crippen molar-refractivity contribution in [1.82, 2.24) is 4.98 Å². The largest absolute Gasteiger partial charge is 0.467 e. The van der Waals surface area contributed by atoms with Gasteiger partial charge < -0.3 is 14.3 Å². The van der Waals surface area contributed by atoms with Crippen molar-refractivity contribution in [2.45, 2.75) is 24.4 Å². The molecule has 1 saturated carbocycles. The van der Waals surface area contributed by atoms with E-state index in [1.807, 2.05) is 0 Å². The smallest absolute Gasteiger partial charge is 0.335 e. The van der Waals surface area contributed by atoms with Crippen molar-refractivity contribution < 1.29 is 19.1 Å². The maximum absolute atomic E-state index is 11.2. The van der Waals surface area contributed by atoms with E-state index in [-0.39, 0.29) is 0 Å². The molecule has 1 atom stereocenters. The van der Waals surface area contributed by atoms with Crippen LogP contribution in [-0.4, -0.2) is 29.3 Å². The fraction of sp³-hybridized carbons (Fsp3) is 0.556. The summed E-state index contributed by atoms with van der Waals surface area (Å²) in [5.74, 6) is -0.0747. The molecule has 0 radical (unpaired) electrons. The third kappa shape index (κ3) is 1.21. The van der Waals surface area contributed by atoms with E-state index >= 15 is 0 Å². The first-order valence-corrected chi connectivity index (χ1v) is 4.35. The van der Waals surface area contributed by atoms with E-state index in [1.54, 1.807) is 0 Å². The van der Waals surface area contributed by atoms with E-state index in [9.17, 15) is 9.90 Å². The summed E-state index contributed by atoms with van der Waals surface area (Å²) in [6.07, 6.45) is 3.11. The van der Waals surface area contributed by atoms with Crippen LogP contribution in [0.5, 0.6) is 0 Å². The van der Waals surface area contributed by atoms with Crippen LogP contribution in [0.15, 0.2) is 17.0 Å². The number of rotatable bonds is 3. The van der Waals surface area contributed by atoms with E-state index < -0.39 is 17.5 Å². The van der Waals surface area contributed by atoms with Gasteiger partial charge in [0.25, 0.3) is 0 Å². The minimum absolute atomic E-state index is 0.551. The minimum atomic E-state index is -1.15. The lowest BCUT2D eigenvalue weighted by molar-refractivity contribution is -0.152. The molecule has 1 aliphatic carbocycles. The molecule has 0 saturated heterocycles. The molecule has 0 aromatic carbocycles. The highest BCUT2D eigenvalue weighted by Gasteiger charge is 2.56. The number of carbonyl (C=O) groups excluding carboxylic acids is 1. The zero-order valence-corrected chi connectivity index (χ0v) is 7.77. The van der Waals surface area contributed by atoms with Crippen LogP contribution >= 0.6 is 0 Å². The molecular weight excluding hydrogens is 186 g/mol. The number of esters is 1. The topological polar surface area (TPSA) is 72.6 Å². The Kier molecular flexibility index (Phi) is 2.03. The van der Waals surface area contributed by atoms with Gasteiger partial charge in [0.05, 0.1) is 18.7 Å². The second kappa shape index (κ2) is 3.09. The lowest BCUT2D eigenvalue weighted by Crippen LogP contribution is -2.34. The zero-order valence-electron chi connectivity index (χ0n) is 7.77. The summed E-state index contributed by atoms with van der Waals surface area (Å²) in [5.41, 5.74) is -0.594. The SMILES string of the molecule is COC(=O)C(O)C1(c2cnco2)CC1. The number of carbonyl (C=O) groups is 1. The molecule has 14 heavy (non-hydrogen) atoms. The van der Waals surface area contributed by atoms with Crippen molar-refractivity contribution in [3.8, 4) is 0 Å². The van der Waals surface area contributed by atoms with Crippen molar-refractivity contribution in [3.05, 3.63) is 18.4 Å². The molecule has 1 heterocycles. The third-order valence-corrected chi connectivity index (χ3v) is 2.66. The fourth-order valence-electron chi connectivity index (χ4n) is 1.59. The molecule has 1 aromatic heterocycles. The first-order chi connectivity index (χ1) is 6.70. The molecule has 5 nitrogen and oxygen atoms in total. The molecule has 0 aliphatic heterocycles. The van der Waals surface area contributed by atoms with E-state index in [0.29, 0.717) is 5.76 Å². The van der Waals surface area contributed by atoms with Gasteiger partial charge in [0.15, 0.2) is 12.5 Å². The van der Waals surface area contributed by atoms with Gasteiger partial charge in [-0.3, -0.25) is 0 Å². The molecule has 1 aromatic rings. The average Bonchev–Trinajstić information content (AvgIpc) is 2.84. The minimum Gasteiger partial charge on any atom is -0.467 e. The number of aliphatic hydroxyl groups excluding tert-OH is 1. The quantitative estimate of drug-likeness (QED) is 0.703. The van der Waals surface area contributed by atoms with Crippen molar-refractivity contribution in [2.24, 2.45) is 0 Å².